The summed E-state index contributed by atoms with van der Waals surface area (Å²) in [5.74, 6) is -1.38. The zero-order valence-electron chi connectivity index (χ0n) is 9.33. The van der Waals surface area contributed by atoms with Crippen LogP contribution in [0.3, 0.4) is 0 Å². The molecule has 0 heterocycles. The third-order valence-electron chi connectivity index (χ3n) is 2.41. The van der Waals surface area contributed by atoms with Gasteiger partial charge in [-0.3, -0.25) is 0 Å². The Hall–Kier alpha value is -1.09. The van der Waals surface area contributed by atoms with Gasteiger partial charge in [0.05, 0.1) is 6.10 Å². The van der Waals surface area contributed by atoms with Crippen molar-refractivity contribution in [3.8, 4) is 0 Å². The molecule has 0 aromatic heterocycles. The van der Waals surface area contributed by atoms with Crippen molar-refractivity contribution in [2.24, 2.45) is 5.92 Å². The molecule has 0 aliphatic carbocycles. The Labute approximate surface area is 90.4 Å². The first-order valence-electron chi connectivity index (χ1n) is 4.97. The second-order valence-electron chi connectivity index (χ2n) is 3.56. The van der Waals surface area contributed by atoms with Gasteiger partial charge in [0, 0.05) is 12.3 Å². The highest BCUT2D eigenvalue weighted by Crippen LogP contribution is 2.26. The van der Waals surface area contributed by atoms with E-state index in [4.69, 9.17) is 5.11 Å². The highest BCUT2D eigenvalue weighted by Gasteiger charge is 2.21. The summed E-state index contributed by atoms with van der Waals surface area (Å²) in [6, 6.07) is 0. The van der Waals surface area contributed by atoms with Crippen molar-refractivity contribution in [2.45, 2.75) is 32.8 Å². The molecule has 2 unspecified atom stereocenters. The standard InChI is InChI=1S/C12H19FO2/c1-5-8(3)10(12(15)6-2)7-11(13)9(4)14/h5,10,12,14-15H,1,3,6-7H2,2,4H3/b11-9-. The van der Waals surface area contributed by atoms with Gasteiger partial charge < -0.3 is 10.2 Å². The average Bonchev–Trinajstić information content (AvgIpc) is 2.23. The van der Waals surface area contributed by atoms with Crippen molar-refractivity contribution in [3.63, 3.8) is 0 Å². The minimum Gasteiger partial charge on any atom is -0.510 e. The molecule has 0 saturated carbocycles. The fourth-order valence-electron chi connectivity index (χ4n) is 1.29. The topological polar surface area (TPSA) is 40.5 Å². The number of allylic oxidation sites excluding steroid dienone is 3. The van der Waals surface area contributed by atoms with E-state index in [2.05, 4.69) is 13.2 Å². The van der Waals surface area contributed by atoms with Crippen molar-refractivity contribution < 1.29 is 14.6 Å². The first kappa shape index (κ1) is 13.9. The van der Waals surface area contributed by atoms with Gasteiger partial charge in [-0.15, -0.1) is 0 Å². The predicted molar refractivity (Wildman–Crippen MR) is 60.2 cm³/mol. The third-order valence-corrected chi connectivity index (χ3v) is 2.41. The maximum Gasteiger partial charge on any atom is 0.138 e. The molecule has 0 aliphatic rings. The lowest BCUT2D eigenvalue weighted by atomic mass is 9.89. The number of aliphatic hydroxyl groups is 2. The van der Waals surface area contributed by atoms with Crippen molar-refractivity contribution in [3.05, 3.63) is 36.4 Å². The summed E-state index contributed by atoms with van der Waals surface area (Å²) >= 11 is 0. The zero-order chi connectivity index (χ0) is 12.0. The Morgan fingerprint density at radius 1 is 1.53 bits per heavy atom. The molecule has 0 aromatic carbocycles. The van der Waals surface area contributed by atoms with Gasteiger partial charge in [0.1, 0.15) is 11.6 Å². The monoisotopic (exact) mass is 214 g/mol. The fourth-order valence-corrected chi connectivity index (χ4v) is 1.29. The molecule has 0 fully saturated rings. The highest BCUT2D eigenvalue weighted by molar-refractivity contribution is 5.19. The lowest BCUT2D eigenvalue weighted by Crippen LogP contribution is -2.21. The van der Waals surface area contributed by atoms with E-state index in [1.165, 1.54) is 13.0 Å². The van der Waals surface area contributed by atoms with E-state index in [0.717, 1.165) is 0 Å². The molecule has 0 aliphatic heterocycles. The average molecular weight is 214 g/mol. The van der Waals surface area contributed by atoms with Gasteiger partial charge in [0.2, 0.25) is 0 Å². The van der Waals surface area contributed by atoms with E-state index in [0.29, 0.717) is 12.0 Å². The number of halogens is 1. The molecule has 0 saturated heterocycles. The number of hydrogen-bond acceptors (Lipinski definition) is 2. The summed E-state index contributed by atoms with van der Waals surface area (Å²) in [7, 11) is 0. The van der Waals surface area contributed by atoms with Crippen LogP contribution in [0.1, 0.15) is 26.7 Å². The maximum absolute atomic E-state index is 13.2. The van der Waals surface area contributed by atoms with E-state index < -0.39 is 17.8 Å². The molecule has 0 amide bonds. The van der Waals surface area contributed by atoms with Crippen LogP contribution in [0.25, 0.3) is 0 Å². The second kappa shape index (κ2) is 6.40. The molecule has 0 spiro atoms. The van der Waals surface area contributed by atoms with Crippen LogP contribution in [-0.4, -0.2) is 16.3 Å². The van der Waals surface area contributed by atoms with E-state index in [9.17, 15) is 9.50 Å². The lowest BCUT2D eigenvalue weighted by molar-refractivity contribution is 0.118. The molecule has 86 valence electrons. The molecule has 0 aromatic rings. The Morgan fingerprint density at radius 3 is 2.40 bits per heavy atom. The van der Waals surface area contributed by atoms with Gasteiger partial charge in [-0.2, -0.15) is 0 Å². The molecular formula is C12H19FO2. The first-order chi connectivity index (χ1) is 6.93. The van der Waals surface area contributed by atoms with Crippen LogP contribution >= 0.6 is 0 Å². The molecule has 2 N–H and O–H groups in total. The summed E-state index contributed by atoms with van der Waals surface area (Å²) in [5, 5.41) is 18.6. The summed E-state index contributed by atoms with van der Waals surface area (Å²) in [5.41, 5.74) is 0.584. The molecule has 0 bridgehead atoms. The van der Waals surface area contributed by atoms with Gasteiger partial charge in [-0.1, -0.05) is 26.2 Å². The SMILES string of the molecule is C=CC(=C)C(C/C(F)=C(\C)O)C(O)CC. The molecule has 3 heteroatoms. The molecular weight excluding hydrogens is 195 g/mol. The van der Waals surface area contributed by atoms with Crippen LogP contribution in [0.5, 0.6) is 0 Å². The lowest BCUT2D eigenvalue weighted by Gasteiger charge is -2.21. The van der Waals surface area contributed by atoms with Gasteiger partial charge in [-0.05, 0) is 18.9 Å². The normalized spacial score (nSPS) is 16.5. The van der Waals surface area contributed by atoms with Gasteiger partial charge in [0.15, 0.2) is 0 Å². The van der Waals surface area contributed by atoms with Crippen molar-refractivity contribution >= 4 is 0 Å². The van der Waals surface area contributed by atoms with Crippen LogP contribution in [0, 0.1) is 5.92 Å². The molecule has 2 atom stereocenters. The largest absolute Gasteiger partial charge is 0.510 e. The Balaban J connectivity index is 4.74. The van der Waals surface area contributed by atoms with Crippen LogP contribution in [0.2, 0.25) is 0 Å². The predicted octanol–water partition coefficient (Wildman–Crippen LogP) is 3.26. The van der Waals surface area contributed by atoms with Crippen molar-refractivity contribution in [2.75, 3.05) is 0 Å². The van der Waals surface area contributed by atoms with Crippen LogP contribution in [-0.2, 0) is 0 Å². The third kappa shape index (κ3) is 4.30. The molecule has 2 nitrogen and oxygen atoms in total. The smallest absolute Gasteiger partial charge is 0.138 e. The quantitative estimate of drug-likeness (QED) is 0.526. The second-order valence-corrected chi connectivity index (χ2v) is 3.56. The summed E-state index contributed by atoms with van der Waals surface area (Å²) in [6.45, 7) is 10.3. The summed E-state index contributed by atoms with van der Waals surface area (Å²) in [6.07, 6.45) is 1.31. The van der Waals surface area contributed by atoms with Crippen molar-refractivity contribution in [1.29, 1.82) is 0 Å². The zero-order valence-corrected chi connectivity index (χ0v) is 9.33. The van der Waals surface area contributed by atoms with E-state index >= 15 is 0 Å². The molecule has 15 heavy (non-hydrogen) atoms. The highest BCUT2D eigenvalue weighted by atomic mass is 19.1. The Morgan fingerprint density at radius 2 is 2.07 bits per heavy atom. The van der Waals surface area contributed by atoms with E-state index in [1.807, 2.05) is 6.92 Å². The minimum absolute atomic E-state index is 0.0395. The fraction of sp³-hybridized carbons (Fsp3) is 0.500. The molecule has 0 radical (unpaired) electrons. The number of aliphatic hydroxyl groups excluding tert-OH is 2. The summed E-state index contributed by atoms with van der Waals surface area (Å²) in [4.78, 5) is 0. The Bertz CT molecular complexity index is 265. The van der Waals surface area contributed by atoms with Crippen molar-refractivity contribution in [1.82, 2.24) is 0 Å². The van der Waals surface area contributed by atoms with Gasteiger partial charge in [0.25, 0.3) is 0 Å². The van der Waals surface area contributed by atoms with Crippen LogP contribution in [0.4, 0.5) is 4.39 Å². The number of hydrogen-bond donors (Lipinski definition) is 2. The van der Waals surface area contributed by atoms with E-state index in [-0.39, 0.29) is 12.2 Å². The number of rotatable bonds is 6. The molecule has 0 rings (SSSR count). The van der Waals surface area contributed by atoms with E-state index in [1.54, 1.807) is 0 Å². The Kier molecular flexibility index (Phi) is 5.94. The maximum atomic E-state index is 13.2. The van der Waals surface area contributed by atoms with Gasteiger partial charge >= 0.3 is 0 Å². The van der Waals surface area contributed by atoms with Crippen LogP contribution < -0.4 is 0 Å². The van der Waals surface area contributed by atoms with Gasteiger partial charge in [-0.25, -0.2) is 4.39 Å². The first-order valence-corrected chi connectivity index (χ1v) is 4.97. The minimum atomic E-state index is -0.666. The van der Waals surface area contributed by atoms with Crippen LogP contribution in [0.15, 0.2) is 36.4 Å². The summed E-state index contributed by atoms with van der Waals surface area (Å²) < 4.78 is 13.2.